The van der Waals surface area contributed by atoms with Crippen molar-refractivity contribution in [3.8, 4) is 0 Å². The summed E-state index contributed by atoms with van der Waals surface area (Å²) in [4.78, 5) is 19.8. The van der Waals surface area contributed by atoms with Crippen LogP contribution in [0, 0.1) is 0 Å². The molecule has 0 N–H and O–H groups in total. The average Bonchev–Trinajstić information content (AvgIpc) is 2.97. The van der Waals surface area contributed by atoms with Gasteiger partial charge in [-0.05, 0) is 6.92 Å². The summed E-state index contributed by atoms with van der Waals surface area (Å²) in [7, 11) is 0. The largest absolute Gasteiger partial charge is 0.411 e. The number of ether oxygens (including phenoxy) is 1. The molecule has 1 aliphatic heterocycles. The van der Waals surface area contributed by atoms with Crippen molar-refractivity contribution in [2.75, 3.05) is 37.7 Å². The Morgan fingerprint density at radius 1 is 1.43 bits per heavy atom. The Kier molecular flexibility index (Phi) is 5.04. The van der Waals surface area contributed by atoms with Crippen LogP contribution in [0.25, 0.3) is 0 Å². The third kappa shape index (κ3) is 4.57. The molecule has 0 aliphatic carbocycles. The van der Waals surface area contributed by atoms with E-state index in [1.54, 1.807) is 6.20 Å². The molecule has 1 amide bonds. The van der Waals surface area contributed by atoms with Crippen LogP contribution >= 0.6 is 11.3 Å². The number of anilines is 1. The summed E-state index contributed by atoms with van der Waals surface area (Å²) < 4.78 is 40.8. The molecule has 1 unspecified atom stereocenters. The topological polar surface area (TPSA) is 45.7 Å². The molecule has 0 spiro atoms. The van der Waals surface area contributed by atoms with Crippen LogP contribution in [0.5, 0.6) is 0 Å². The monoisotopic (exact) mass is 323 g/mol. The number of rotatable bonds is 4. The van der Waals surface area contributed by atoms with Crippen molar-refractivity contribution in [1.82, 2.24) is 9.88 Å². The lowest BCUT2D eigenvalue weighted by atomic mass is 10.2. The number of hydrogen-bond acceptors (Lipinski definition) is 5. The van der Waals surface area contributed by atoms with Crippen LogP contribution in [-0.2, 0) is 9.53 Å². The van der Waals surface area contributed by atoms with Gasteiger partial charge in [-0.25, -0.2) is 4.98 Å². The van der Waals surface area contributed by atoms with Crippen molar-refractivity contribution in [2.45, 2.75) is 19.2 Å². The van der Waals surface area contributed by atoms with Crippen LogP contribution in [0.1, 0.15) is 6.92 Å². The number of nitrogens with zero attached hydrogens (tertiary/aromatic N) is 3. The minimum Gasteiger partial charge on any atom is -0.359 e. The summed E-state index contributed by atoms with van der Waals surface area (Å²) in [5.41, 5.74) is 0. The smallest absolute Gasteiger partial charge is 0.359 e. The van der Waals surface area contributed by atoms with Gasteiger partial charge in [0.1, 0.15) is 12.7 Å². The third-order valence-corrected chi connectivity index (χ3v) is 3.96. The van der Waals surface area contributed by atoms with Crippen molar-refractivity contribution < 1.29 is 22.7 Å². The van der Waals surface area contributed by atoms with E-state index in [1.165, 1.54) is 23.2 Å². The maximum Gasteiger partial charge on any atom is 0.411 e. The van der Waals surface area contributed by atoms with E-state index >= 15 is 0 Å². The molecule has 21 heavy (non-hydrogen) atoms. The Morgan fingerprint density at radius 2 is 2.10 bits per heavy atom. The number of halogens is 3. The van der Waals surface area contributed by atoms with Gasteiger partial charge in [0.2, 0.25) is 0 Å². The first-order valence-corrected chi connectivity index (χ1v) is 7.36. The van der Waals surface area contributed by atoms with Gasteiger partial charge in [0.15, 0.2) is 5.13 Å². The number of thiazole rings is 1. The fourth-order valence-corrected chi connectivity index (χ4v) is 2.73. The molecule has 0 radical (unpaired) electrons. The highest BCUT2D eigenvalue weighted by Gasteiger charge is 2.32. The fourth-order valence-electron chi connectivity index (χ4n) is 2.04. The summed E-state index contributed by atoms with van der Waals surface area (Å²) in [5, 5.41) is 2.77. The van der Waals surface area contributed by atoms with Gasteiger partial charge in [0.25, 0.3) is 5.91 Å². The zero-order valence-corrected chi connectivity index (χ0v) is 12.3. The summed E-state index contributed by atoms with van der Waals surface area (Å²) in [6.45, 7) is 2.09. The molecule has 1 aromatic heterocycles. The lowest BCUT2D eigenvalue weighted by Crippen LogP contribution is -2.51. The van der Waals surface area contributed by atoms with Gasteiger partial charge in [0, 0.05) is 37.8 Å². The Hall–Kier alpha value is -1.35. The lowest BCUT2D eigenvalue weighted by Gasteiger charge is -2.35. The van der Waals surface area contributed by atoms with Crippen LogP contribution in [-0.4, -0.2) is 60.9 Å². The highest BCUT2D eigenvalue weighted by atomic mass is 32.1. The molecule has 0 aromatic carbocycles. The predicted octanol–water partition coefficient (Wildman–Crippen LogP) is 1.76. The highest BCUT2D eigenvalue weighted by molar-refractivity contribution is 7.13. The second-order valence-electron chi connectivity index (χ2n) is 4.70. The standard InChI is InChI=1S/C12H16F3N3O2S/c1-9(20-8-12(13,14)15)10(19)17-3-5-18(6-4-17)11-16-2-7-21-11/h2,7,9H,3-6,8H2,1H3. The first-order chi connectivity index (χ1) is 9.87. The SMILES string of the molecule is CC(OCC(F)(F)F)C(=O)N1CCN(c2nccs2)CC1. The number of carbonyl (C=O) groups excluding carboxylic acids is 1. The first-order valence-electron chi connectivity index (χ1n) is 6.48. The van der Waals surface area contributed by atoms with Crippen molar-refractivity contribution in [3.63, 3.8) is 0 Å². The molecule has 0 saturated carbocycles. The normalized spacial score (nSPS) is 17.9. The maximum absolute atomic E-state index is 12.1. The molecule has 1 fully saturated rings. The van der Waals surface area contributed by atoms with E-state index in [2.05, 4.69) is 14.6 Å². The van der Waals surface area contributed by atoms with E-state index in [0.29, 0.717) is 26.2 Å². The van der Waals surface area contributed by atoms with Crippen molar-refractivity contribution in [3.05, 3.63) is 11.6 Å². The molecule has 1 aromatic rings. The van der Waals surface area contributed by atoms with E-state index in [-0.39, 0.29) is 0 Å². The Balaban J connectivity index is 1.80. The number of carbonyl (C=O) groups is 1. The molecule has 2 rings (SSSR count). The summed E-state index contributed by atoms with van der Waals surface area (Å²) in [6, 6.07) is 0. The molecular weight excluding hydrogens is 307 g/mol. The quantitative estimate of drug-likeness (QED) is 0.847. The van der Waals surface area contributed by atoms with Crippen LogP contribution < -0.4 is 4.90 Å². The second-order valence-corrected chi connectivity index (χ2v) is 5.57. The lowest BCUT2D eigenvalue weighted by molar-refractivity contribution is -0.188. The van der Waals surface area contributed by atoms with E-state index < -0.39 is 24.8 Å². The molecule has 2 heterocycles. The molecule has 5 nitrogen and oxygen atoms in total. The Labute approximate surface area is 124 Å². The van der Waals surface area contributed by atoms with E-state index in [4.69, 9.17) is 0 Å². The Bertz CT molecular complexity index is 459. The van der Waals surface area contributed by atoms with E-state index in [1.807, 2.05) is 5.38 Å². The van der Waals surface area contributed by atoms with Crippen LogP contribution in [0.4, 0.5) is 18.3 Å². The Morgan fingerprint density at radius 3 is 2.62 bits per heavy atom. The third-order valence-electron chi connectivity index (χ3n) is 3.13. The van der Waals surface area contributed by atoms with E-state index in [9.17, 15) is 18.0 Å². The van der Waals surface area contributed by atoms with Gasteiger partial charge >= 0.3 is 6.18 Å². The van der Waals surface area contributed by atoms with Gasteiger partial charge in [0.05, 0.1) is 0 Å². The van der Waals surface area contributed by atoms with Gasteiger partial charge in [-0.2, -0.15) is 13.2 Å². The summed E-state index contributed by atoms with van der Waals surface area (Å²) in [6.07, 6.45) is -3.79. The molecule has 9 heteroatoms. The summed E-state index contributed by atoms with van der Waals surface area (Å²) in [5.74, 6) is -0.405. The molecule has 0 bridgehead atoms. The average molecular weight is 323 g/mol. The fraction of sp³-hybridized carbons (Fsp3) is 0.667. The molecule has 1 atom stereocenters. The predicted molar refractivity (Wildman–Crippen MR) is 72.4 cm³/mol. The van der Waals surface area contributed by atoms with Crippen LogP contribution in [0.2, 0.25) is 0 Å². The number of amides is 1. The minimum absolute atomic E-state index is 0.405. The molecular formula is C12H16F3N3O2S. The van der Waals surface area contributed by atoms with Gasteiger partial charge in [-0.1, -0.05) is 0 Å². The molecule has 118 valence electrons. The number of piperazine rings is 1. The summed E-state index contributed by atoms with van der Waals surface area (Å²) >= 11 is 1.52. The van der Waals surface area contributed by atoms with Crippen molar-refractivity contribution in [1.29, 1.82) is 0 Å². The van der Waals surface area contributed by atoms with Crippen molar-refractivity contribution >= 4 is 22.4 Å². The molecule has 1 aliphatic rings. The first kappa shape index (κ1) is 16.0. The van der Waals surface area contributed by atoms with Crippen LogP contribution in [0.15, 0.2) is 11.6 Å². The second kappa shape index (κ2) is 6.61. The van der Waals surface area contributed by atoms with Gasteiger partial charge in [-0.3, -0.25) is 4.79 Å². The number of hydrogen-bond donors (Lipinski definition) is 0. The minimum atomic E-state index is -4.42. The molecule has 1 saturated heterocycles. The zero-order valence-electron chi connectivity index (χ0n) is 11.5. The van der Waals surface area contributed by atoms with Crippen LogP contribution in [0.3, 0.4) is 0 Å². The highest BCUT2D eigenvalue weighted by Crippen LogP contribution is 2.20. The number of aromatic nitrogens is 1. The van der Waals surface area contributed by atoms with Gasteiger partial charge in [-0.15, -0.1) is 11.3 Å². The zero-order chi connectivity index (χ0) is 15.5. The maximum atomic E-state index is 12.1. The van der Waals surface area contributed by atoms with Gasteiger partial charge < -0.3 is 14.5 Å². The van der Waals surface area contributed by atoms with E-state index in [0.717, 1.165) is 5.13 Å². The van der Waals surface area contributed by atoms with Crippen molar-refractivity contribution in [2.24, 2.45) is 0 Å². The number of alkyl halides is 3.